The summed E-state index contributed by atoms with van der Waals surface area (Å²) in [4.78, 5) is 14.0. The number of hydrogen-bond acceptors (Lipinski definition) is 2. The van der Waals surface area contributed by atoms with Crippen LogP contribution in [-0.2, 0) is 4.79 Å². The maximum atomic E-state index is 12.0. The molecule has 0 aromatic carbocycles. The van der Waals surface area contributed by atoms with Gasteiger partial charge in [0.05, 0.1) is 6.04 Å². The van der Waals surface area contributed by atoms with Crippen molar-refractivity contribution in [3.8, 4) is 0 Å². The van der Waals surface area contributed by atoms with Crippen LogP contribution in [-0.4, -0.2) is 36.5 Å². The Kier molecular flexibility index (Phi) is 4.22. The number of carbonyl (C=O) groups is 1. The Hall–Kier alpha value is -0.570. The van der Waals surface area contributed by atoms with Gasteiger partial charge in [-0.05, 0) is 38.6 Å². The van der Waals surface area contributed by atoms with E-state index in [4.69, 9.17) is 0 Å². The second-order valence-electron chi connectivity index (χ2n) is 5.29. The molecule has 3 nitrogen and oxygen atoms in total. The SMILES string of the molecule is CC(NCCC1CCC1)C(=O)N1CCCC1. The van der Waals surface area contributed by atoms with Crippen LogP contribution < -0.4 is 5.32 Å². The number of rotatable bonds is 5. The van der Waals surface area contributed by atoms with Crippen molar-refractivity contribution in [1.82, 2.24) is 10.2 Å². The number of nitrogens with zero attached hydrogens (tertiary/aromatic N) is 1. The van der Waals surface area contributed by atoms with Gasteiger partial charge in [-0.25, -0.2) is 0 Å². The fourth-order valence-corrected chi connectivity index (χ4v) is 2.58. The van der Waals surface area contributed by atoms with Crippen LogP contribution >= 0.6 is 0 Å². The number of likely N-dealkylation sites (tertiary alicyclic amines) is 1. The van der Waals surface area contributed by atoms with Gasteiger partial charge >= 0.3 is 0 Å². The zero-order valence-electron chi connectivity index (χ0n) is 10.4. The molecule has 3 heteroatoms. The lowest BCUT2D eigenvalue weighted by Crippen LogP contribution is -2.44. The highest BCUT2D eigenvalue weighted by Gasteiger charge is 2.23. The van der Waals surface area contributed by atoms with Gasteiger partial charge in [0, 0.05) is 13.1 Å². The summed E-state index contributed by atoms with van der Waals surface area (Å²) in [7, 11) is 0. The Morgan fingerprint density at radius 3 is 2.56 bits per heavy atom. The lowest BCUT2D eigenvalue weighted by molar-refractivity contribution is -0.131. The first-order valence-electron chi connectivity index (χ1n) is 6.79. The molecule has 0 bridgehead atoms. The van der Waals surface area contributed by atoms with Crippen molar-refractivity contribution in [1.29, 1.82) is 0 Å². The molecule has 2 fully saturated rings. The molecule has 2 rings (SSSR count). The molecular weight excluding hydrogens is 200 g/mol. The first kappa shape index (κ1) is 11.9. The standard InChI is InChI=1S/C13H24N2O/c1-11(13(16)15-9-2-3-10-15)14-8-7-12-5-4-6-12/h11-12,14H,2-10H2,1H3. The molecule has 0 aromatic heterocycles. The van der Waals surface area contributed by atoms with Crippen LogP contribution in [0.4, 0.5) is 0 Å². The van der Waals surface area contributed by atoms with E-state index in [1.807, 2.05) is 11.8 Å². The van der Waals surface area contributed by atoms with Gasteiger partial charge in [-0.2, -0.15) is 0 Å². The average Bonchev–Trinajstić information content (AvgIpc) is 2.73. The molecule has 1 aliphatic carbocycles. The summed E-state index contributed by atoms with van der Waals surface area (Å²) < 4.78 is 0. The molecule has 1 unspecified atom stereocenters. The molecule has 1 saturated heterocycles. The Morgan fingerprint density at radius 1 is 1.31 bits per heavy atom. The molecule has 92 valence electrons. The van der Waals surface area contributed by atoms with Crippen molar-refractivity contribution in [3.63, 3.8) is 0 Å². The minimum Gasteiger partial charge on any atom is -0.341 e. The van der Waals surface area contributed by atoms with Crippen molar-refractivity contribution in [2.45, 2.75) is 51.5 Å². The smallest absolute Gasteiger partial charge is 0.239 e. The topological polar surface area (TPSA) is 32.3 Å². The molecule has 1 saturated carbocycles. The third-order valence-corrected chi connectivity index (χ3v) is 4.02. The van der Waals surface area contributed by atoms with Crippen molar-refractivity contribution in [3.05, 3.63) is 0 Å². The summed E-state index contributed by atoms with van der Waals surface area (Å²) in [5, 5.41) is 3.37. The number of nitrogens with one attached hydrogen (secondary N) is 1. The maximum absolute atomic E-state index is 12.0. The highest BCUT2D eigenvalue weighted by Crippen LogP contribution is 2.28. The van der Waals surface area contributed by atoms with Gasteiger partial charge < -0.3 is 10.2 Å². The number of amides is 1. The summed E-state index contributed by atoms with van der Waals surface area (Å²) in [6, 6.07) is 0.0122. The van der Waals surface area contributed by atoms with Crippen LogP contribution in [0.15, 0.2) is 0 Å². The van der Waals surface area contributed by atoms with E-state index in [2.05, 4.69) is 5.32 Å². The van der Waals surface area contributed by atoms with Crippen LogP contribution in [0.2, 0.25) is 0 Å². The Morgan fingerprint density at radius 2 is 2.00 bits per heavy atom. The zero-order valence-corrected chi connectivity index (χ0v) is 10.4. The van der Waals surface area contributed by atoms with Crippen LogP contribution in [0.3, 0.4) is 0 Å². The minimum absolute atomic E-state index is 0.0122. The quantitative estimate of drug-likeness (QED) is 0.772. The third kappa shape index (κ3) is 2.97. The van der Waals surface area contributed by atoms with E-state index in [0.717, 1.165) is 25.6 Å². The third-order valence-electron chi connectivity index (χ3n) is 4.02. The van der Waals surface area contributed by atoms with Crippen LogP contribution in [0.1, 0.15) is 45.4 Å². The summed E-state index contributed by atoms with van der Waals surface area (Å²) in [5.74, 6) is 1.23. The molecule has 1 N–H and O–H groups in total. The van der Waals surface area contributed by atoms with E-state index in [0.29, 0.717) is 5.91 Å². The predicted molar refractivity (Wildman–Crippen MR) is 65.2 cm³/mol. The number of hydrogen-bond donors (Lipinski definition) is 1. The fraction of sp³-hybridized carbons (Fsp3) is 0.923. The highest BCUT2D eigenvalue weighted by atomic mass is 16.2. The molecule has 2 aliphatic rings. The van der Waals surface area contributed by atoms with Gasteiger partial charge in [0.2, 0.25) is 5.91 Å². The maximum Gasteiger partial charge on any atom is 0.239 e. The summed E-state index contributed by atoms with van der Waals surface area (Å²) in [5.41, 5.74) is 0. The molecule has 1 amide bonds. The normalized spacial score (nSPS) is 23.2. The van der Waals surface area contributed by atoms with Crippen molar-refractivity contribution in [2.24, 2.45) is 5.92 Å². The second kappa shape index (κ2) is 5.67. The Labute approximate surface area is 98.6 Å². The molecule has 16 heavy (non-hydrogen) atoms. The molecule has 1 aliphatic heterocycles. The van der Waals surface area contributed by atoms with Crippen LogP contribution in [0.25, 0.3) is 0 Å². The lowest BCUT2D eigenvalue weighted by atomic mass is 9.83. The first-order chi connectivity index (χ1) is 7.77. The van der Waals surface area contributed by atoms with Gasteiger partial charge in [-0.3, -0.25) is 4.79 Å². The molecule has 0 aromatic rings. The first-order valence-corrected chi connectivity index (χ1v) is 6.79. The van der Waals surface area contributed by atoms with Gasteiger partial charge in [0.25, 0.3) is 0 Å². The van der Waals surface area contributed by atoms with E-state index >= 15 is 0 Å². The van der Waals surface area contributed by atoms with E-state index < -0.39 is 0 Å². The Balaban J connectivity index is 1.61. The second-order valence-corrected chi connectivity index (χ2v) is 5.29. The molecule has 1 atom stereocenters. The van der Waals surface area contributed by atoms with Gasteiger partial charge in [-0.15, -0.1) is 0 Å². The van der Waals surface area contributed by atoms with E-state index in [1.54, 1.807) is 0 Å². The summed E-state index contributed by atoms with van der Waals surface area (Å²) >= 11 is 0. The van der Waals surface area contributed by atoms with Gasteiger partial charge in [-0.1, -0.05) is 19.3 Å². The molecule has 0 radical (unpaired) electrons. The summed E-state index contributed by atoms with van der Waals surface area (Å²) in [6.45, 7) is 4.94. The van der Waals surface area contributed by atoms with Gasteiger partial charge in [0.1, 0.15) is 0 Å². The minimum atomic E-state index is 0.0122. The van der Waals surface area contributed by atoms with Crippen molar-refractivity contribution < 1.29 is 4.79 Å². The summed E-state index contributed by atoms with van der Waals surface area (Å²) in [6.07, 6.45) is 7.82. The zero-order chi connectivity index (χ0) is 11.4. The lowest BCUT2D eigenvalue weighted by Gasteiger charge is -2.26. The van der Waals surface area contributed by atoms with E-state index in [1.165, 1.54) is 38.5 Å². The average molecular weight is 224 g/mol. The molecular formula is C13H24N2O. The van der Waals surface area contributed by atoms with Crippen molar-refractivity contribution in [2.75, 3.05) is 19.6 Å². The number of carbonyl (C=O) groups excluding carboxylic acids is 1. The van der Waals surface area contributed by atoms with Gasteiger partial charge in [0.15, 0.2) is 0 Å². The predicted octanol–water partition coefficient (Wildman–Crippen LogP) is 1.78. The Bertz CT molecular complexity index is 232. The van der Waals surface area contributed by atoms with E-state index in [9.17, 15) is 4.79 Å². The monoisotopic (exact) mass is 224 g/mol. The molecule has 0 spiro atoms. The largest absolute Gasteiger partial charge is 0.341 e. The van der Waals surface area contributed by atoms with Crippen LogP contribution in [0, 0.1) is 5.92 Å². The fourth-order valence-electron chi connectivity index (χ4n) is 2.58. The van der Waals surface area contributed by atoms with Crippen LogP contribution in [0.5, 0.6) is 0 Å². The van der Waals surface area contributed by atoms with E-state index in [-0.39, 0.29) is 6.04 Å². The molecule has 1 heterocycles. The van der Waals surface area contributed by atoms with Crippen molar-refractivity contribution >= 4 is 5.91 Å². The highest BCUT2D eigenvalue weighted by molar-refractivity contribution is 5.81.